The van der Waals surface area contributed by atoms with Crippen molar-refractivity contribution in [2.45, 2.75) is 38.6 Å². The summed E-state index contributed by atoms with van der Waals surface area (Å²) in [5.74, 6) is -2.49. The molecule has 3 rings (SSSR count). The smallest absolute Gasteiger partial charge is 0.295 e. The van der Waals surface area contributed by atoms with Crippen LogP contribution in [0.4, 0.5) is 4.39 Å². The highest BCUT2D eigenvalue weighted by Gasteiger charge is 2.45. The van der Waals surface area contributed by atoms with Crippen LogP contribution in [-0.2, 0) is 15.0 Å². The summed E-state index contributed by atoms with van der Waals surface area (Å²) in [6.45, 7) is 7.40. The average molecular weight is 469 g/mol. The van der Waals surface area contributed by atoms with Crippen molar-refractivity contribution in [3.8, 4) is 5.75 Å². The number of amides is 1. The number of aliphatic hydroxyl groups excluding tert-OH is 1. The molecule has 1 saturated heterocycles. The standard InChI is InChI=1S/C27H33FN2O4/c1-27(2,3)19-11-8-17(9-12-19)23-22(24(31)18-10-13-21(34-6)20(28)16-18)25(32)26(33)30(23)15-7-14-29(4)5/h8-13,16,23,31H,7,14-15H2,1-6H3/b24-22+. The van der Waals surface area contributed by atoms with Gasteiger partial charge in [0.15, 0.2) is 11.6 Å². The number of carbonyl (C=O) groups is 2. The van der Waals surface area contributed by atoms with E-state index in [1.54, 1.807) is 0 Å². The van der Waals surface area contributed by atoms with Crippen LogP contribution in [-0.4, -0.2) is 60.9 Å². The summed E-state index contributed by atoms with van der Waals surface area (Å²) in [6.07, 6.45) is 0.661. The minimum atomic E-state index is -0.775. The fraction of sp³-hybridized carbons (Fsp3) is 0.407. The van der Waals surface area contributed by atoms with Crippen molar-refractivity contribution in [3.05, 3.63) is 70.5 Å². The van der Waals surface area contributed by atoms with Crippen LogP contribution in [0.15, 0.2) is 48.0 Å². The van der Waals surface area contributed by atoms with Crippen LogP contribution >= 0.6 is 0 Å². The van der Waals surface area contributed by atoms with Gasteiger partial charge in [0.1, 0.15) is 5.76 Å². The van der Waals surface area contributed by atoms with E-state index in [4.69, 9.17) is 4.74 Å². The molecule has 0 saturated carbocycles. The molecule has 6 nitrogen and oxygen atoms in total. The van der Waals surface area contributed by atoms with Gasteiger partial charge in [-0.25, -0.2) is 4.39 Å². The molecule has 34 heavy (non-hydrogen) atoms. The normalized spacial score (nSPS) is 18.1. The maximum atomic E-state index is 14.3. The Morgan fingerprint density at radius 1 is 1.12 bits per heavy atom. The molecule has 1 atom stereocenters. The lowest BCUT2D eigenvalue weighted by molar-refractivity contribution is -0.139. The molecule has 1 heterocycles. The van der Waals surface area contributed by atoms with Crippen molar-refractivity contribution < 1.29 is 23.8 Å². The summed E-state index contributed by atoms with van der Waals surface area (Å²) in [6, 6.07) is 10.9. The maximum Gasteiger partial charge on any atom is 0.295 e. The van der Waals surface area contributed by atoms with Gasteiger partial charge in [-0.1, -0.05) is 45.0 Å². The number of halogens is 1. The van der Waals surface area contributed by atoms with Gasteiger partial charge in [0, 0.05) is 12.1 Å². The highest BCUT2D eigenvalue weighted by Crippen LogP contribution is 2.40. The van der Waals surface area contributed by atoms with E-state index in [1.807, 2.05) is 43.3 Å². The number of aliphatic hydroxyl groups is 1. The summed E-state index contributed by atoms with van der Waals surface area (Å²) in [4.78, 5) is 29.6. The number of Topliss-reactive ketones (excluding diaryl/α,β-unsaturated/α-hetero) is 1. The second-order valence-corrected chi connectivity index (χ2v) is 9.87. The summed E-state index contributed by atoms with van der Waals surface area (Å²) >= 11 is 0. The number of ketones is 1. The van der Waals surface area contributed by atoms with Crippen molar-refractivity contribution >= 4 is 17.4 Å². The van der Waals surface area contributed by atoms with Gasteiger partial charge in [-0.2, -0.15) is 0 Å². The van der Waals surface area contributed by atoms with Crippen molar-refractivity contribution in [2.24, 2.45) is 0 Å². The number of carbonyl (C=O) groups excluding carboxylic acids is 2. The zero-order valence-electron chi connectivity index (χ0n) is 20.7. The lowest BCUT2D eigenvalue weighted by atomic mass is 9.85. The van der Waals surface area contributed by atoms with E-state index >= 15 is 0 Å². The van der Waals surface area contributed by atoms with E-state index in [0.717, 1.165) is 18.2 Å². The topological polar surface area (TPSA) is 70.1 Å². The fourth-order valence-corrected chi connectivity index (χ4v) is 4.15. The third-order valence-electron chi connectivity index (χ3n) is 6.06. The highest BCUT2D eigenvalue weighted by molar-refractivity contribution is 6.46. The Morgan fingerprint density at radius 3 is 2.29 bits per heavy atom. The van der Waals surface area contributed by atoms with Crippen molar-refractivity contribution in [1.82, 2.24) is 9.80 Å². The molecular formula is C27H33FN2O4. The predicted molar refractivity (Wildman–Crippen MR) is 130 cm³/mol. The lowest BCUT2D eigenvalue weighted by Crippen LogP contribution is -2.32. The first-order valence-corrected chi connectivity index (χ1v) is 11.3. The Morgan fingerprint density at radius 2 is 1.76 bits per heavy atom. The van der Waals surface area contributed by atoms with Crippen LogP contribution < -0.4 is 4.74 Å². The highest BCUT2D eigenvalue weighted by atomic mass is 19.1. The summed E-state index contributed by atoms with van der Waals surface area (Å²) in [5, 5.41) is 11.1. The molecule has 0 radical (unpaired) electrons. The number of rotatable bonds is 7. The number of likely N-dealkylation sites (tertiary alicyclic amines) is 1. The second kappa shape index (κ2) is 9.97. The Bertz CT molecular complexity index is 1100. The van der Waals surface area contributed by atoms with E-state index < -0.39 is 29.3 Å². The average Bonchev–Trinajstić information content (AvgIpc) is 3.02. The van der Waals surface area contributed by atoms with E-state index in [2.05, 4.69) is 20.8 Å². The number of benzene rings is 2. The number of ether oxygens (including phenoxy) is 1. The van der Waals surface area contributed by atoms with Gasteiger partial charge in [0.05, 0.1) is 18.7 Å². The largest absolute Gasteiger partial charge is 0.507 e. The molecule has 1 amide bonds. The number of methoxy groups -OCH3 is 1. The molecular weight excluding hydrogens is 435 g/mol. The minimum absolute atomic E-state index is 0.0232. The first kappa shape index (κ1) is 25.4. The van der Waals surface area contributed by atoms with Gasteiger partial charge < -0.3 is 19.6 Å². The predicted octanol–water partition coefficient (Wildman–Crippen LogP) is 4.51. The first-order valence-electron chi connectivity index (χ1n) is 11.3. The van der Waals surface area contributed by atoms with Crippen LogP contribution in [0.5, 0.6) is 5.75 Å². The van der Waals surface area contributed by atoms with Crippen LogP contribution in [0.25, 0.3) is 5.76 Å². The number of hydrogen-bond donors (Lipinski definition) is 1. The maximum absolute atomic E-state index is 14.3. The van der Waals surface area contributed by atoms with E-state index in [0.29, 0.717) is 18.5 Å². The molecule has 0 aromatic heterocycles. The van der Waals surface area contributed by atoms with Crippen LogP contribution in [0, 0.1) is 5.82 Å². The molecule has 2 aromatic carbocycles. The lowest BCUT2D eigenvalue weighted by Gasteiger charge is -2.27. The van der Waals surface area contributed by atoms with Crippen LogP contribution in [0.2, 0.25) is 0 Å². The SMILES string of the molecule is COc1ccc(/C(O)=C2\C(=O)C(=O)N(CCCN(C)C)C2c2ccc(C(C)(C)C)cc2)cc1F. The van der Waals surface area contributed by atoms with Crippen LogP contribution in [0.3, 0.4) is 0 Å². The molecule has 0 spiro atoms. The Labute approximate surface area is 200 Å². The molecule has 1 fully saturated rings. The molecule has 0 bridgehead atoms. The summed E-state index contributed by atoms with van der Waals surface area (Å²) in [5.41, 5.74) is 1.83. The van der Waals surface area contributed by atoms with Gasteiger partial charge in [-0.15, -0.1) is 0 Å². The van der Waals surface area contributed by atoms with Gasteiger partial charge in [-0.05, 0) is 61.8 Å². The molecule has 2 aromatic rings. The number of hydrogen-bond acceptors (Lipinski definition) is 5. The Kier molecular flexibility index (Phi) is 7.46. The summed E-state index contributed by atoms with van der Waals surface area (Å²) < 4.78 is 19.3. The minimum Gasteiger partial charge on any atom is -0.507 e. The molecule has 1 aliphatic heterocycles. The first-order chi connectivity index (χ1) is 16.0. The Hall–Kier alpha value is -3.19. The van der Waals surface area contributed by atoms with Gasteiger partial charge in [0.25, 0.3) is 11.7 Å². The van der Waals surface area contributed by atoms with Crippen molar-refractivity contribution in [3.63, 3.8) is 0 Å². The molecule has 0 aliphatic carbocycles. The van der Waals surface area contributed by atoms with E-state index in [9.17, 15) is 19.1 Å². The van der Waals surface area contributed by atoms with Crippen LogP contribution in [0.1, 0.15) is 49.9 Å². The van der Waals surface area contributed by atoms with Gasteiger partial charge >= 0.3 is 0 Å². The summed E-state index contributed by atoms with van der Waals surface area (Å²) in [7, 11) is 5.22. The monoisotopic (exact) mass is 468 g/mol. The molecule has 182 valence electrons. The van der Waals surface area contributed by atoms with Crippen molar-refractivity contribution in [1.29, 1.82) is 0 Å². The Balaban J connectivity index is 2.11. The second-order valence-electron chi connectivity index (χ2n) is 9.87. The molecule has 1 N–H and O–H groups in total. The quantitative estimate of drug-likeness (QED) is 0.368. The van der Waals surface area contributed by atoms with Crippen molar-refractivity contribution in [2.75, 3.05) is 34.3 Å². The third kappa shape index (κ3) is 5.14. The van der Waals surface area contributed by atoms with E-state index in [1.165, 1.54) is 24.1 Å². The van der Waals surface area contributed by atoms with E-state index in [-0.39, 0.29) is 22.3 Å². The molecule has 1 unspecified atom stereocenters. The molecule has 7 heteroatoms. The fourth-order valence-electron chi connectivity index (χ4n) is 4.15. The van der Waals surface area contributed by atoms with Gasteiger partial charge in [0.2, 0.25) is 0 Å². The zero-order valence-corrected chi connectivity index (χ0v) is 20.7. The zero-order chi connectivity index (χ0) is 25.2. The molecule has 1 aliphatic rings. The van der Waals surface area contributed by atoms with Gasteiger partial charge in [-0.3, -0.25) is 9.59 Å². The number of nitrogens with zero attached hydrogens (tertiary/aromatic N) is 2. The third-order valence-corrected chi connectivity index (χ3v) is 6.06.